The minimum absolute atomic E-state index is 0.342. The maximum atomic E-state index is 11.0. The van der Waals surface area contributed by atoms with Crippen LogP contribution in [0.5, 0.6) is 5.75 Å². The zero-order chi connectivity index (χ0) is 11.3. The molecular weight excluding hydrogens is 220 g/mol. The Kier molecular flexibility index (Phi) is 3.93. The number of benzene rings is 1. The van der Waals surface area contributed by atoms with Crippen LogP contribution in [0.25, 0.3) is 0 Å². The highest BCUT2D eigenvalue weighted by Crippen LogP contribution is 2.26. The molecule has 0 heterocycles. The highest BCUT2D eigenvalue weighted by atomic mass is 35.5. The van der Waals surface area contributed by atoms with Gasteiger partial charge in [-0.3, -0.25) is 4.79 Å². The second kappa shape index (κ2) is 5.21. The third kappa shape index (κ3) is 3.14. The quantitative estimate of drug-likeness (QED) is 0.470. The van der Waals surface area contributed by atoms with E-state index in [1.807, 2.05) is 0 Å². The zero-order valence-corrected chi connectivity index (χ0v) is 8.65. The van der Waals surface area contributed by atoms with Crippen LogP contribution in [-0.2, 0) is 4.79 Å². The summed E-state index contributed by atoms with van der Waals surface area (Å²) in [6.07, 6.45) is 0.737. The van der Waals surface area contributed by atoms with Gasteiger partial charge in [0.05, 0.1) is 17.8 Å². The van der Waals surface area contributed by atoms with Crippen LogP contribution >= 0.6 is 11.6 Å². The Morgan fingerprint density at radius 2 is 2.40 bits per heavy atom. The topological polar surface area (TPSA) is 70.9 Å². The van der Waals surface area contributed by atoms with E-state index >= 15 is 0 Å². The van der Waals surface area contributed by atoms with Gasteiger partial charge in [0, 0.05) is 6.07 Å². The zero-order valence-electron chi connectivity index (χ0n) is 7.90. The smallest absolute Gasteiger partial charge is 0.270 e. The molecule has 0 bridgehead atoms. The minimum atomic E-state index is -0.565. The summed E-state index contributed by atoms with van der Waals surface area (Å²) in [4.78, 5) is 11.0. The number of carbonyl (C=O) groups excluding carboxylic acids is 1. The van der Waals surface area contributed by atoms with Crippen molar-refractivity contribution in [2.45, 2.75) is 0 Å². The van der Waals surface area contributed by atoms with E-state index < -0.39 is 5.91 Å². The fourth-order valence-corrected chi connectivity index (χ4v) is 1.16. The van der Waals surface area contributed by atoms with Gasteiger partial charge in [0.15, 0.2) is 0 Å². The van der Waals surface area contributed by atoms with E-state index in [0.717, 1.165) is 6.21 Å². The summed E-state index contributed by atoms with van der Waals surface area (Å²) < 4.78 is 4.94. The number of methoxy groups -OCH3 is 1. The molecule has 5 nitrogen and oxygen atoms in total. The molecule has 0 aliphatic carbocycles. The number of nitrogens with one attached hydrogen (secondary N) is 1. The van der Waals surface area contributed by atoms with Crippen LogP contribution in [0.2, 0.25) is 5.02 Å². The van der Waals surface area contributed by atoms with Crippen molar-refractivity contribution in [1.82, 2.24) is 0 Å². The predicted octanol–water partition coefficient (Wildman–Crippen LogP) is 1.75. The Hall–Kier alpha value is -1.75. The van der Waals surface area contributed by atoms with Gasteiger partial charge in [-0.05, 0) is 12.1 Å². The molecule has 6 heteroatoms. The van der Waals surface area contributed by atoms with Crippen molar-refractivity contribution in [2.75, 3.05) is 12.4 Å². The number of ether oxygens (including phenoxy) is 1. The number of carbonyl (C=O) groups is 1. The normalized spacial score (nSPS) is 10.3. The van der Waals surface area contributed by atoms with Gasteiger partial charge in [0.2, 0.25) is 0 Å². The number of rotatable bonds is 3. The molecule has 0 spiro atoms. The fraction of sp³-hybridized carbons (Fsp3) is 0.111. The van der Waals surface area contributed by atoms with E-state index in [1.165, 1.54) is 7.11 Å². The first kappa shape index (κ1) is 11.3. The first-order valence-corrected chi connectivity index (χ1v) is 4.37. The average molecular weight is 229 g/mol. The first-order chi connectivity index (χ1) is 7.17. The Morgan fingerprint density at radius 3 is 2.93 bits per heavy atom. The molecule has 1 rings (SSSR count). The summed E-state index contributed by atoms with van der Waals surface area (Å²) in [5.74, 6) is 0.0263. The third-order valence-corrected chi connectivity index (χ3v) is 1.92. The van der Waals surface area contributed by atoms with Gasteiger partial charge in [0.1, 0.15) is 12.0 Å². The Labute approximate surface area is 91.3 Å². The molecule has 0 atom stereocenters. The second-order valence-electron chi connectivity index (χ2n) is 2.58. The van der Waals surface area contributed by atoms with Crippen molar-refractivity contribution >= 4 is 29.4 Å². The predicted molar refractivity (Wildman–Crippen MR) is 56.9 cm³/mol. The van der Waals surface area contributed by atoms with E-state index in [4.69, 9.17) is 21.5 Å². The summed E-state index contributed by atoms with van der Waals surface area (Å²) in [6, 6.07) is 4.80. The molecule has 2 N–H and O–H groups in total. The fourth-order valence-electron chi connectivity index (χ4n) is 0.942. The van der Waals surface area contributed by atoms with Gasteiger partial charge in [-0.25, -0.2) is 0 Å². The van der Waals surface area contributed by atoms with Crippen LogP contribution in [0.1, 0.15) is 0 Å². The number of nitrogens with zero attached hydrogens (tertiary/aromatic N) is 1. The second-order valence-corrected chi connectivity index (χ2v) is 2.99. The van der Waals surface area contributed by atoms with Crippen molar-refractivity contribution in [2.24, 2.45) is 5.16 Å². The number of amides is 1. The molecule has 0 saturated carbocycles. The van der Waals surface area contributed by atoms with Gasteiger partial charge >= 0.3 is 0 Å². The van der Waals surface area contributed by atoms with Crippen molar-refractivity contribution in [3.63, 3.8) is 0 Å². The monoisotopic (exact) mass is 228 g/mol. The molecular formula is C9H9ClN2O3. The summed E-state index contributed by atoms with van der Waals surface area (Å²) in [5.41, 5.74) is 0.419. The molecule has 80 valence electrons. The number of hydrogen-bond acceptors (Lipinski definition) is 4. The lowest BCUT2D eigenvalue weighted by atomic mass is 10.3. The summed E-state index contributed by atoms with van der Waals surface area (Å²) in [5, 5.41) is 13.5. The Balaban J connectivity index is 2.82. The standard InChI is InChI=1S/C9H9ClN2O3/c1-15-6-2-3-8(7(10)4-6)12-9(13)5-11-14/h2-5,14H,1H3,(H,12,13)/b11-5-. The van der Waals surface area contributed by atoms with Gasteiger partial charge < -0.3 is 15.3 Å². The van der Waals surface area contributed by atoms with Gasteiger partial charge in [-0.2, -0.15) is 0 Å². The minimum Gasteiger partial charge on any atom is -0.497 e. The maximum absolute atomic E-state index is 11.0. The number of hydrogen-bond donors (Lipinski definition) is 2. The SMILES string of the molecule is COc1ccc(NC(=O)/C=N\O)c(Cl)c1. The summed E-state index contributed by atoms with van der Waals surface area (Å²) >= 11 is 5.85. The van der Waals surface area contributed by atoms with Crippen molar-refractivity contribution in [1.29, 1.82) is 0 Å². The highest BCUT2D eigenvalue weighted by Gasteiger charge is 2.04. The van der Waals surface area contributed by atoms with Crippen molar-refractivity contribution in [3.05, 3.63) is 23.2 Å². The molecule has 0 radical (unpaired) electrons. The highest BCUT2D eigenvalue weighted by molar-refractivity contribution is 6.36. The molecule has 0 aliphatic heterocycles. The first-order valence-electron chi connectivity index (χ1n) is 3.99. The average Bonchev–Trinajstić information content (AvgIpc) is 2.21. The van der Waals surface area contributed by atoms with Crippen molar-refractivity contribution in [3.8, 4) is 5.75 Å². The maximum Gasteiger partial charge on any atom is 0.270 e. The molecule has 0 fully saturated rings. The van der Waals surface area contributed by atoms with E-state index in [1.54, 1.807) is 18.2 Å². The van der Waals surface area contributed by atoms with E-state index in [0.29, 0.717) is 16.5 Å². The lowest BCUT2D eigenvalue weighted by Crippen LogP contribution is -2.12. The Morgan fingerprint density at radius 1 is 1.67 bits per heavy atom. The van der Waals surface area contributed by atoms with Gasteiger partial charge in [-0.15, -0.1) is 0 Å². The molecule has 1 aromatic rings. The molecule has 0 unspecified atom stereocenters. The third-order valence-electron chi connectivity index (χ3n) is 1.61. The van der Waals surface area contributed by atoms with Crippen LogP contribution in [0, 0.1) is 0 Å². The van der Waals surface area contributed by atoms with E-state index in [2.05, 4.69) is 10.5 Å². The van der Waals surface area contributed by atoms with E-state index in [9.17, 15) is 4.79 Å². The molecule has 0 saturated heterocycles. The number of anilines is 1. The molecule has 1 aromatic carbocycles. The van der Waals surface area contributed by atoms with Gasteiger partial charge in [0.25, 0.3) is 5.91 Å². The van der Waals surface area contributed by atoms with Crippen LogP contribution in [0.15, 0.2) is 23.4 Å². The molecule has 0 aromatic heterocycles. The lowest BCUT2D eigenvalue weighted by Gasteiger charge is -2.06. The molecule has 15 heavy (non-hydrogen) atoms. The molecule has 1 amide bonds. The van der Waals surface area contributed by atoms with E-state index in [-0.39, 0.29) is 0 Å². The van der Waals surface area contributed by atoms with Crippen molar-refractivity contribution < 1.29 is 14.7 Å². The van der Waals surface area contributed by atoms with Crippen LogP contribution in [0.3, 0.4) is 0 Å². The van der Waals surface area contributed by atoms with Crippen LogP contribution < -0.4 is 10.1 Å². The Bertz CT molecular complexity index is 393. The summed E-state index contributed by atoms with van der Waals surface area (Å²) in [7, 11) is 1.52. The van der Waals surface area contributed by atoms with Crippen LogP contribution in [-0.4, -0.2) is 24.4 Å². The number of halogens is 1. The number of oxime groups is 1. The van der Waals surface area contributed by atoms with Gasteiger partial charge in [-0.1, -0.05) is 16.8 Å². The van der Waals surface area contributed by atoms with Crippen LogP contribution in [0.4, 0.5) is 5.69 Å². The molecule has 0 aliphatic rings. The lowest BCUT2D eigenvalue weighted by molar-refractivity contribution is -0.110. The summed E-state index contributed by atoms with van der Waals surface area (Å²) in [6.45, 7) is 0. The largest absolute Gasteiger partial charge is 0.497 e.